The SMILES string of the molecule is NC(=O)c1ccc[n+]([C@H]2O[C@@H](COP(=O)(O)OP(=O)(O)OC[C@H]3O[C@@H](n4cnc5c(=O)[nH]c(N)nc54)[C@H](O)[C@@H]3O)[C@H](O)[C@@H]2O)c1. The predicted octanol–water partition coefficient (Wildman–Crippen LogP) is -3.72. The number of pyridine rings is 1. The van der Waals surface area contributed by atoms with E-state index in [1.54, 1.807) is 0 Å². The number of imidazole rings is 1. The summed E-state index contributed by atoms with van der Waals surface area (Å²) in [5.74, 6) is -1.04. The van der Waals surface area contributed by atoms with Crippen molar-refractivity contribution in [3.05, 3.63) is 46.8 Å². The van der Waals surface area contributed by atoms with E-state index in [4.69, 9.17) is 20.9 Å². The third kappa shape index (κ3) is 6.98. The van der Waals surface area contributed by atoms with Gasteiger partial charge in [0.2, 0.25) is 5.95 Å². The van der Waals surface area contributed by atoms with Crippen LogP contribution in [0.4, 0.5) is 5.95 Å². The third-order valence-corrected chi connectivity index (χ3v) is 9.41. The highest BCUT2D eigenvalue weighted by molar-refractivity contribution is 7.61. The predicted molar refractivity (Wildman–Crippen MR) is 142 cm³/mol. The van der Waals surface area contributed by atoms with Gasteiger partial charge >= 0.3 is 15.6 Å². The van der Waals surface area contributed by atoms with E-state index in [0.29, 0.717) is 0 Å². The first-order valence-electron chi connectivity index (χ1n) is 12.8. The first-order valence-corrected chi connectivity index (χ1v) is 15.8. The number of nitrogens with two attached hydrogens (primary N) is 2. The van der Waals surface area contributed by atoms with Crippen molar-refractivity contribution in [3.63, 3.8) is 0 Å². The van der Waals surface area contributed by atoms with Crippen molar-refractivity contribution in [2.24, 2.45) is 5.73 Å². The molecule has 0 aromatic carbocycles. The maximum absolute atomic E-state index is 12.4. The van der Waals surface area contributed by atoms with E-state index in [9.17, 15) is 48.9 Å². The smallest absolute Gasteiger partial charge is 0.387 e. The fraction of sp³-hybridized carbons (Fsp3) is 0.476. The van der Waals surface area contributed by atoms with E-state index < -0.39 is 89.4 Å². The Hall–Kier alpha value is -3.21. The molecular formula is C21H28N7O15P2+. The highest BCUT2D eigenvalue weighted by atomic mass is 31.3. The molecule has 2 aliphatic rings. The van der Waals surface area contributed by atoms with Gasteiger partial charge in [0.05, 0.1) is 19.5 Å². The standard InChI is InChI=1S/C21H27N7O15P2/c22-16(33)8-2-1-3-27(4-8)19-14(31)12(29)9(41-19)5-39-44(35,36)43-45(37,38)40-6-10-13(30)15(32)20(42-10)28-7-24-11-17(28)25-21(23)26-18(11)34/h1-4,7,9-10,12-15,19-20,29-32H,5-6H2,(H6-,22,23,25,26,33,34,35,36,37,38)/p+1/t9-,10+,12-,13+,14-,15+,19-,20+/m0/s1. The summed E-state index contributed by atoms with van der Waals surface area (Å²) >= 11 is 0. The van der Waals surface area contributed by atoms with Crippen LogP contribution in [0.15, 0.2) is 35.6 Å². The fourth-order valence-corrected chi connectivity index (χ4v) is 6.74. The number of hydrogen-bond donors (Lipinski definition) is 9. The molecule has 0 spiro atoms. The molecule has 3 aromatic heterocycles. The largest absolute Gasteiger partial charge is 0.481 e. The van der Waals surface area contributed by atoms with Crippen molar-refractivity contribution >= 4 is 38.7 Å². The number of aromatic amines is 1. The number of aliphatic hydroxyl groups excluding tert-OH is 4. The second-order valence-corrected chi connectivity index (χ2v) is 12.9. The van der Waals surface area contributed by atoms with Gasteiger partial charge in [-0.05, 0) is 6.07 Å². The monoisotopic (exact) mass is 680 g/mol. The Bertz CT molecular complexity index is 1740. The molecule has 246 valence electrons. The van der Waals surface area contributed by atoms with Crippen LogP contribution in [0.3, 0.4) is 0 Å². The van der Waals surface area contributed by atoms with E-state index in [0.717, 1.165) is 10.9 Å². The Morgan fingerprint density at radius 3 is 2.31 bits per heavy atom. The van der Waals surface area contributed by atoms with Gasteiger partial charge in [0.15, 0.2) is 35.9 Å². The molecule has 0 bridgehead atoms. The van der Waals surface area contributed by atoms with Gasteiger partial charge in [-0.15, -0.1) is 0 Å². The second-order valence-electron chi connectivity index (χ2n) is 9.88. The van der Waals surface area contributed by atoms with Crippen LogP contribution in [0.2, 0.25) is 0 Å². The molecule has 2 aliphatic heterocycles. The lowest BCUT2D eigenvalue weighted by molar-refractivity contribution is -0.765. The zero-order valence-electron chi connectivity index (χ0n) is 22.6. The van der Waals surface area contributed by atoms with Crippen molar-refractivity contribution in [1.82, 2.24) is 19.5 Å². The maximum Gasteiger partial charge on any atom is 0.481 e. The Morgan fingerprint density at radius 1 is 1.04 bits per heavy atom. The topological polar surface area (TPSA) is 338 Å². The van der Waals surface area contributed by atoms with E-state index in [-0.39, 0.29) is 22.7 Å². The molecule has 2 unspecified atom stereocenters. The molecule has 0 saturated carbocycles. The molecule has 11 N–H and O–H groups in total. The highest BCUT2D eigenvalue weighted by Gasteiger charge is 2.50. The number of fused-ring (bicyclic) bond motifs is 1. The zero-order valence-corrected chi connectivity index (χ0v) is 24.4. The molecule has 2 saturated heterocycles. The number of rotatable bonds is 11. The summed E-state index contributed by atoms with van der Waals surface area (Å²) in [7, 11) is -10.8. The molecule has 22 nitrogen and oxygen atoms in total. The molecule has 0 radical (unpaired) electrons. The summed E-state index contributed by atoms with van der Waals surface area (Å²) in [5.41, 5.74) is 9.91. The minimum Gasteiger partial charge on any atom is -0.387 e. The van der Waals surface area contributed by atoms with Crippen molar-refractivity contribution < 1.29 is 71.5 Å². The van der Waals surface area contributed by atoms with Crippen LogP contribution in [0, 0.1) is 0 Å². The van der Waals surface area contributed by atoms with Gasteiger partial charge in [-0.3, -0.25) is 28.2 Å². The molecule has 5 rings (SSSR count). The number of carbonyl (C=O) groups is 1. The quantitative estimate of drug-likeness (QED) is 0.0694. The van der Waals surface area contributed by atoms with Crippen molar-refractivity contribution in [3.8, 4) is 0 Å². The number of phosphoric ester groups is 2. The van der Waals surface area contributed by atoms with Gasteiger partial charge in [-0.2, -0.15) is 13.9 Å². The Balaban J connectivity index is 1.17. The summed E-state index contributed by atoms with van der Waals surface area (Å²) in [4.78, 5) is 53.5. The van der Waals surface area contributed by atoms with Crippen LogP contribution in [0.5, 0.6) is 0 Å². The van der Waals surface area contributed by atoms with Gasteiger partial charge in [0, 0.05) is 6.07 Å². The third-order valence-electron chi connectivity index (χ3n) is 6.81. The van der Waals surface area contributed by atoms with Crippen LogP contribution in [-0.2, 0) is 32.0 Å². The van der Waals surface area contributed by atoms with Gasteiger partial charge in [-0.1, -0.05) is 0 Å². The first-order chi connectivity index (χ1) is 21.1. The first kappa shape index (κ1) is 33.2. The summed E-state index contributed by atoms with van der Waals surface area (Å²) in [6, 6.07) is 2.82. The molecule has 3 aromatic rings. The zero-order chi connectivity index (χ0) is 32.8. The minimum atomic E-state index is -5.41. The number of nitrogens with one attached hydrogen (secondary N) is 1. The lowest BCUT2D eigenvalue weighted by Crippen LogP contribution is -2.46. The number of anilines is 1. The number of ether oxygens (including phenoxy) is 2. The number of hydrogen-bond acceptors (Lipinski definition) is 16. The van der Waals surface area contributed by atoms with Crippen molar-refractivity contribution in [2.75, 3.05) is 18.9 Å². The molecule has 5 heterocycles. The number of H-pyrrole nitrogens is 1. The summed E-state index contributed by atoms with van der Waals surface area (Å²) in [6.07, 6.45) is -8.59. The number of aromatic nitrogens is 5. The number of nitrogen functional groups attached to an aromatic ring is 1. The average Bonchev–Trinajstić information content (AvgIpc) is 3.60. The maximum atomic E-state index is 12.4. The Kier molecular flexibility index (Phi) is 9.23. The molecule has 24 heteroatoms. The number of nitrogens with zero attached hydrogens (tertiary/aromatic N) is 4. The Morgan fingerprint density at radius 2 is 1.67 bits per heavy atom. The van der Waals surface area contributed by atoms with Gasteiger partial charge < -0.3 is 51.2 Å². The second kappa shape index (κ2) is 12.5. The molecule has 10 atom stereocenters. The molecular weight excluding hydrogens is 652 g/mol. The molecule has 2 fully saturated rings. The highest BCUT2D eigenvalue weighted by Crippen LogP contribution is 2.60. The van der Waals surface area contributed by atoms with E-state index in [2.05, 4.69) is 28.3 Å². The van der Waals surface area contributed by atoms with Crippen LogP contribution in [0.25, 0.3) is 11.2 Å². The number of carbonyl (C=O) groups excluding carboxylic acids is 1. The Labute approximate surface area is 250 Å². The van der Waals surface area contributed by atoms with Gasteiger partial charge in [0.25, 0.3) is 17.7 Å². The number of primary amides is 1. The van der Waals surface area contributed by atoms with Crippen LogP contribution >= 0.6 is 15.6 Å². The van der Waals surface area contributed by atoms with Crippen molar-refractivity contribution in [2.45, 2.75) is 49.1 Å². The molecule has 1 amide bonds. The minimum absolute atomic E-state index is 0.0593. The van der Waals surface area contributed by atoms with Crippen LogP contribution < -0.4 is 21.6 Å². The lowest BCUT2D eigenvalue weighted by Gasteiger charge is -2.20. The number of phosphoric acid groups is 2. The molecule has 0 aliphatic carbocycles. The fourth-order valence-electron chi connectivity index (χ4n) is 4.65. The van der Waals surface area contributed by atoms with E-state index in [1.165, 1.54) is 29.1 Å². The van der Waals surface area contributed by atoms with Crippen LogP contribution in [-0.4, -0.2) is 105 Å². The van der Waals surface area contributed by atoms with Crippen molar-refractivity contribution in [1.29, 1.82) is 0 Å². The summed E-state index contributed by atoms with van der Waals surface area (Å²) in [5, 5.41) is 41.6. The van der Waals surface area contributed by atoms with Gasteiger partial charge in [-0.25, -0.2) is 14.1 Å². The average molecular weight is 680 g/mol. The lowest BCUT2D eigenvalue weighted by atomic mass is 10.1. The van der Waals surface area contributed by atoms with Gasteiger partial charge in [0.1, 0.15) is 36.1 Å². The van der Waals surface area contributed by atoms with E-state index >= 15 is 0 Å². The normalized spacial score (nSPS) is 31.2. The number of aliphatic hydroxyl groups is 4. The van der Waals surface area contributed by atoms with Crippen LogP contribution in [0.1, 0.15) is 22.8 Å². The summed E-state index contributed by atoms with van der Waals surface area (Å²) in [6.45, 7) is -1.87. The molecule has 45 heavy (non-hydrogen) atoms. The van der Waals surface area contributed by atoms with E-state index in [1.807, 2.05) is 0 Å². The number of amides is 1. The summed E-state index contributed by atoms with van der Waals surface area (Å²) < 4.78 is 51.7.